The Hall–Kier alpha value is -1.75. The summed E-state index contributed by atoms with van der Waals surface area (Å²) < 4.78 is 11.3. The van der Waals surface area contributed by atoms with Crippen LogP contribution in [0.3, 0.4) is 0 Å². The van der Waals surface area contributed by atoms with Gasteiger partial charge in [-0.1, -0.05) is 6.07 Å². The van der Waals surface area contributed by atoms with E-state index in [-0.39, 0.29) is 11.8 Å². The first-order valence-corrected chi connectivity index (χ1v) is 7.70. The maximum atomic E-state index is 12.1. The molecule has 0 saturated carbocycles. The first kappa shape index (κ1) is 14.2. The van der Waals surface area contributed by atoms with Crippen LogP contribution in [0.5, 0.6) is 11.5 Å². The van der Waals surface area contributed by atoms with Crippen molar-refractivity contribution in [2.45, 2.75) is 25.8 Å². The number of carbonyl (C=O) groups is 1. The second-order valence-corrected chi connectivity index (χ2v) is 5.59. The van der Waals surface area contributed by atoms with Gasteiger partial charge < -0.3 is 20.1 Å². The summed E-state index contributed by atoms with van der Waals surface area (Å²) in [4.78, 5) is 12.1. The minimum absolute atomic E-state index is 0.0964. The van der Waals surface area contributed by atoms with Crippen molar-refractivity contribution in [2.75, 3.05) is 26.3 Å². The number of amides is 1. The molecule has 5 nitrogen and oxygen atoms in total. The first-order chi connectivity index (χ1) is 10.3. The van der Waals surface area contributed by atoms with Crippen LogP contribution in [-0.4, -0.2) is 32.2 Å². The van der Waals surface area contributed by atoms with Crippen LogP contribution in [0, 0.1) is 5.92 Å². The molecule has 0 aliphatic carbocycles. The van der Waals surface area contributed by atoms with E-state index in [1.54, 1.807) is 0 Å². The van der Waals surface area contributed by atoms with E-state index in [0.717, 1.165) is 49.4 Å². The Labute approximate surface area is 125 Å². The first-order valence-electron chi connectivity index (χ1n) is 7.70. The molecule has 1 unspecified atom stereocenters. The smallest absolute Gasteiger partial charge is 0.224 e. The number of rotatable bonds is 3. The highest BCUT2D eigenvalue weighted by Gasteiger charge is 2.20. The second-order valence-electron chi connectivity index (χ2n) is 5.59. The normalized spacial score (nSPS) is 21.4. The fourth-order valence-corrected chi connectivity index (χ4v) is 2.73. The average molecular weight is 290 g/mol. The van der Waals surface area contributed by atoms with E-state index in [1.807, 2.05) is 18.2 Å². The van der Waals surface area contributed by atoms with Crippen LogP contribution in [-0.2, 0) is 11.3 Å². The summed E-state index contributed by atoms with van der Waals surface area (Å²) >= 11 is 0. The van der Waals surface area contributed by atoms with Gasteiger partial charge in [0.05, 0.1) is 19.1 Å². The van der Waals surface area contributed by atoms with Crippen LogP contribution < -0.4 is 20.1 Å². The highest BCUT2D eigenvalue weighted by atomic mass is 16.5. The molecular formula is C16H22N2O3. The predicted octanol–water partition coefficient (Wildman–Crippen LogP) is 1.46. The average Bonchev–Trinajstić information content (AvgIpc) is 2.78. The Morgan fingerprint density at radius 1 is 1.24 bits per heavy atom. The van der Waals surface area contributed by atoms with Crippen molar-refractivity contribution in [1.29, 1.82) is 0 Å². The fourth-order valence-electron chi connectivity index (χ4n) is 2.73. The molecule has 0 radical (unpaired) electrons. The third kappa shape index (κ3) is 3.67. The molecule has 1 atom stereocenters. The number of hydrogen-bond acceptors (Lipinski definition) is 4. The molecule has 0 bridgehead atoms. The standard InChI is InChI=1S/C16H22N2O3/c19-16(13-3-1-6-17-11-13)18-10-12-4-5-14-15(9-12)21-8-2-7-20-14/h4-5,9,13,17H,1-3,6-8,10-11H2,(H,18,19). The fraction of sp³-hybridized carbons (Fsp3) is 0.562. The van der Waals surface area contributed by atoms with Crippen LogP contribution in [0.25, 0.3) is 0 Å². The number of benzene rings is 1. The summed E-state index contributed by atoms with van der Waals surface area (Å²) in [5.41, 5.74) is 1.04. The van der Waals surface area contributed by atoms with Crippen LogP contribution in [0.1, 0.15) is 24.8 Å². The molecule has 1 aromatic rings. The lowest BCUT2D eigenvalue weighted by Gasteiger charge is -2.22. The molecule has 5 heteroatoms. The number of hydrogen-bond donors (Lipinski definition) is 2. The third-order valence-electron chi connectivity index (χ3n) is 3.95. The lowest BCUT2D eigenvalue weighted by atomic mass is 9.99. The maximum Gasteiger partial charge on any atom is 0.224 e. The van der Waals surface area contributed by atoms with Crippen LogP contribution in [0.4, 0.5) is 0 Å². The van der Waals surface area contributed by atoms with E-state index < -0.39 is 0 Å². The lowest BCUT2D eigenvalue weighted by Crippen LogP contribution is -2.40. The Morgan fingerprint density at radius 2 is 2.10 bits per heavy atom. The van der Waals surface area contributed by atoms with E-state index in [2.05, 4.69) is 10.6 Å². The Balaban J connectivity index is 1.57. The molecule has 1 amide bonds. The molecule has 21 heavy (non-hydrogen) atoms. The number of fused-ring (bicyclic) bond motifs is 1. The number of ether oxygens (including phenoxy) is 2. The predicted molar refractivity (Wildman–Crippen MR) is 79.5 cm³/mol. The van der Waals surface area contributed by atoms with Crippen molar-refractivity contribution in [3.63, 3.8) is 0 Å². The molecule has 3 rings (SSSR count). The molecule has 0 spiro atoms. The van der Waals surface area contributed by atoms with E-state index in [1.165, 1.54) is 0 Å². The maximum absolute atomic E-state index is 12.1. The van der Waals surface area contributed by atoms with Gasteiger partial charge in [0.2, 0.25) is 5.91 Å². The van der Waals surface area contributed by atoms with Gasteiger partial charge in [0.15, 0.2) is 11.5 Å². The van der Waals surface area contributed by atoms with Crippen LogP contribution >= 0.6 is 0 Å². The number of piperidine rings is 1. The minimum atomic E-state index is 0.0964. The van der Waals surface area contributed by atoms with Gasteiger partial charge in [-0.2, -0.15) is 0 Å². The highest BCUT2D eigenvalue weighted by molar-refractivity contribution is 5.79. The molecule has 2 heterocycles. The summed E-state index contributed by atoms with van der Waals surface area (Å²) in [7, 11) is 0. The van der Waals surface area contributed by atoms with E-state index in [4.69, 9.17) is 9.47 Å². The zero-order chi connectivity index (χ0) is 14.5. The lowest BCUT2D eigenvalue weighted by molar-refractivity contribution is -0.125. The Kier molecular flexibility index (Phi) is 4.60. The number of nitrogens with one attached hydrogen (secondary N) is 2. The van der Waals surface area contributed by atoms with Gasteiger partial charge in [-0.05, 0) is 37.1 Å². The molecule has 1 aromatic carbocycles. The zero-order valence-corrected chi connectivity index (χ0v) is 12.2. The van der Waals surface area contributed by atoms with Crippen molar-refractivity contribution >= 4 is 5.91 Å². The highest BCUT2D eigenvalue weighted by Crippen LogP contribution is 2.30. The van der Waals surface area contributed by atoms with E-state index in [0.29, 0.717) is 19.8 Å². The van der Waals surface area contributed by atoms with Gasteiger partial charge in [-0.15, -0.1) is 0 Å². The topological polar surface area (TPSA) is 59.6 Å². The van der Waals surface area contributed by atoms with Crippen molar-refractivity contribution in [2.24, 2.45) is 5.92 Å². The molecule has 1 saturated heterocycles. The van der Waals surface area contributed by atoms with Gasteiger partial charge in [0.1, 0.15) is 0 Å². The summed E-state index contributed by atoms with van der Waals surface area (Å²) in [6.07, 6.45) is 2.94. The van der Waals surface area contributed by atoms with Crippen molar-refractivity contribution < 1.29 is 14.3 Å². The Morgan fingerprint density at radius 3 is 2.90 bits per heavy atom. The van der Waals surface area contributed by atoms with Crippen molar-refractivity contribution in [3.8, 4) is 11.5 Å². The number of carbonyl (C=O) groups excluding carboxylic acids is 1. The summed E-state index contributed by atoms with van der Waals surface area (Å²) in [5, 5.41) is 6.28. The van der Waals surface area contributed by atoms with Crippen molar-refractivity contribution in [3.05, 3.63) is 23.8 Å². The largest absolute Gasteiger partial charge is 0.490 e. The third-order valence-corrected chi connectivity index (χ3v) is 3.95. The molecule has 2 N–H and O–H groups in total. The summed E-state index contributed by atoms with van der Waals surface area (Å²) in [5.74, 6) is 1.80. The monoisotopic (exact) mass is 290 g/mol. The second kappa shape index (κ2) is 6.80. The molecular weight excluding hydrogens is 268 g/mol. The van der Waals surface area contributed by atoms with Crippen molar-refractivity contribution in [1.82, 2.24) is 10.6 Å². The van der Waals surface area contributed by atoms with Crippen LogP contribution in [0.2, 0.25) is 0 Å². The quantitative estimate of drug-likeness (QED) is 0.885. The van der Waals surface area contributed by atoms with E-state index >= 15 is 0 Å². The van der Waals surface area contributed by atoms with Gasteiger partial charge in [-0.25, -0.2) is 0 Å². The molecule has 1 fully saturated rings. The van der Waals surface area contributed by atoms with Gasteiger partial charge in [-0.3, -0.25) is 4.79 Å². The van der Waals surface area contributed by atoms with Gasteiger partial charge in [0.25, 0.3) is 0 Å². The molecule has 2 aliphatic heterocycles. The Bertz CT molecular complexity index is 498. The molecule has 114 valence electrons. The molecule has 0 aromatic heterocycles. The van der Waals surface area contributed by atoms with Crippen LogP contribution in [0.15, 0.2) is 18.2 Å². The van der Waals surface area contributed by atoms with Gasteiger partial charge >= 0.3 is 0 Å². The zero-order valence-electron chi connectivity index (χ0n) is 12.2. The summed E-state index contributed by atoms with van der Waals surface area (Å²) in [6, 6.07) is 5.86. The SMILES string of the molecule is O=C(NCc1ccc2c(c1)OCCCO2)C1CCCNC1. The summed E-state index contributed by atoms with van der Waals surface area (Å²) in [6.45, 7) is 3.71. The molecule has 2 aliphatic rings. The van der Waals surface area contributed by atoms with E-state index in [9.17, 15) is 4.79 Å². The minimum Gasteiger partial charge on any atom is -0.490 e. The van der Waals surface area contributed by atoms with Gasteiger partial charge in [0, 0.05) is 19.5 Å².